The number of carbonyl (C=O) groups is 1. The number of amides is 1. The maximum absolute atomic E-state index is 13.3. The van der Waals surface area contributed by atoms with Gasteiger partial charge in [0.05, 0.1) is 7.11 Å². The normalized spacial score (nSPS) is 11.1. The standard InChI is InChI=1S/C13H18FNO2/c1-9(16)15-8-13(2,3)11-7-10(14)5-6-12(11)17-4/h5-7H,8H2,1-4H3,(H,15,16). The molecule has 0 radical (unpaired) electrons. The van der Waals surface area contributed by atoms with Crippen LogP contribution in [0, 0.1) is 5.82 Å². The Hall–Kier alpha value is -1.58. The number of nitrogens with one attached hydrogen (secondary N) is 1. The Morgan fingerprint density at radius 3 is 2.65 bits per heavy atom. The van der Waals surface area contributed by atoms with Gasteiger partial charge in [-0.1, -0.05) is 13.8 Å². The number of ether oxygens (including phenoxy) is 1. The number of halogens is 1. The Bertz CT molecular complexity index is 416. The third-order valence-corrected chi connectivity index (χ3v) is 2.67. The first-order valence-electron chi connectivity index (χ1n) is 5.45. The van der Waals surface area contributed by atoms with Crippen molar-refractivity contribution in [2.45, 2.75) is 26.2 Å². The van der Waals surface area contributed by atoms with Gasteiger partial charge in [-0.3, -0.25) is 4.79 Å². The van der Waals surface area contributed by atoms with Crippen molar-refractivity contribution in [2.75, 3.05) is 13.7 Å². The minimum absolute atomic E-state index is 0.103. The molecule has 1 N–H and O–H groups in total. The molecule has 0 atom stereocenters. The van der Waals surface area contributed by atoms with Crippen LogP contribution in [-0.2, 0) is 10.2 Å². The summed E-state index contributed by atoms with van der Waals surface area (Å²) >= 11 is 0. The summed E-state index contributed by atoms with van der Waals surface area (Å²) in [5, 5.41) is 2.74. The fourth-order valence-electron chi connectivity index (χ4n) is 1.65. The molecule has 0 unspecified atom stereocenters. The molecule has 0 bridgehead atoms. The molecule has 1 aromatic carbocycles. The number of hydrogen-bond acceptors (Lipinski definition) is 2. The van der Waals surface area contributed by atoms with Crippen molar-refractivity contribution in [3.63, 3.8) is 0 Å². The van der Waals surface area contributed by atoms with Crippen molar-refractivity contribution in [3.05, 3.63) is 29.6 Å². The summed E-state index contributed by atoms with van der Waals surface area (Å²) in [6.45, 7) is 5.75. The first-order chi connectivity index (χ1) is 7.86. The van der Waals surface area contributed by atoms with E-state index < -0.39 is 0 Å². The average molecular weight is 239 g/mol. The molecule has 0 fully saturated rings. The molecule has 0 heterocycles. The quantitative estimate of drug-likeness (QED) is 0.875. The van der Waals surface area contributed by atoms with Crippen LogP contribution in [-0.4, -0.2) is 19.6 Å². The number of carbonyl (C=O) groups excluding carboxylic acids is 1. The van der Waals surface area contributed by atoms with E-state index >= 15 is 0 Å². The first kappa shape index (κ1) is 13.5. The maximum atomic E-state index is 13.3. The molecule has 3 nitrogen and oxygen atoms in total. The van der Waals surface area contributed by atoms with Crippen LogP contribution < -0.4 is 10.1 Å². The van der Waals surface area contributed by atoms with E-state index in [2.05, 4.69) is 5.32 Å². The molecule has 0 aliphatic carbocycles. The Morgan fingerprint density at radius 2 is 2.12 bits per heavy atom. The highest BCUT2D eigenvalue weighted by molar-refractivity contribution is 5.73. The Labute approximate surface area is 101 Å². The van der Waals surface area contributed by atoms with Gasteiger partial charge in [0.25, 0.3) is 0 Å². The number of hydrogen-bond donors (Lipinski definition) is 1. The highest BCUT2D eigenvalue weighted by atomic mass is 19.1. The van der Waals surface area contributed by atoms with Crippen molar-refractivity contribution in [1.29, 1.82) is 0 Å². The smallest absolute Gasteiger partial charge is 0.216 e. The van der Waals surface area contributed by atoms with Gasteiger partial charge in [0.1, 0.15) is 11.6 Å². The van der Waals surface area contributed by atoms with Gasteiger partial charge in [-0.25, -0.2) is 4.39 Å². The van der Waals surface area contributed by atoms with Gasteiger partial charge in [0, 0.05) is 24.4 Å². The van der Waals surface area contributed by atoms with Crippen molar-refractivity contribution in [3.8, 4) is 5.75 Å². The largest absolute Gasteiger partial charge is 0.496 e. The fraction of sp³-hybridized carbons (Fsp3) is 0.462. The van der Waals surface area contributed by atoms with E-state index in [4.69, 9.17) is 4.74 Å². The van der Waals surface area contributed by atoms with Crippen LogP contribution in [0.3, 0.4) is 0 Å². The third-order valence-electron chi connectivity index (χ3n) is 2.67. The van der Waals surface area contributed by atoms with Crippen molar-refractivity contribution in [2.24, 2.45) is 0 Å². The zero-order valence-electron chi connectivity index (χ0n) is 10.6. The highest BCUT2D eigenvalue weighted by Crippen LogP contribution is 2.31. The maximum Gasteiger partial charge on any atom is 0.216 e. The van der Waals surface area contributed by atoms with Crippen molar-refractivity contribution >= 4 is 5.91 Å². The van der Waals surface area contributed by atoms with Gasteiger partial charge < -0.3 is 10.1 Å². The van der Waals surface area contributed by atoms with Crippen LogP contribution in [0.5, 0.6) is 5.75 Å². The van der Waals surface area contributed by atoms with E-state index in [1.54, 1.807) is 13.2 Å². The van der Waals surface area contributed by atoms with Crippen molar-refractivity contribution in [1.82, 2.24) is 5.32 Å². The lowest BCUT2D eigenvalue weighted by Gasteiger charge is -2.27. The van der Waals surface area contributed by atoms with Gasteiger partial charge in [-0.2, -0.15) is 0 Å². The van der Waals surface area contributed by atoms with Gasteiger partial charge in [0.15, 0.2) is 0 Å². The summed E-state index contributed by atoms with van der Waals surface area (Å²) in [6, 6.07) is 4.40. The van der Waals surface area contributed by atoms with E-state index in [1.165, 1.54) is 19.1 Å². The molecule has 0 saturated carbocycles. The van der Waals surface area contributed by atoms with E-state index in [-0.39, 0.29) is 17.1 Å². The molecule has 94 valence electrons. The second-order valence-electron chi connectivity index (χ2n) is 4.64. The summed E-state index contributed by atoms with van der Waals surface area (Å²) in [4.78, 5) is 10.9. The first-order valence-corrected chi connectivity index (χ1v) is 5.45. The van der Waals surface area contributed by atoms with Crippen LogP contribution >= 0.6 is 0 Å². The van der Waals surface area contributed by atoms with Crippen LogP contribution in [0.1, 0.15) is 26.3 Å². The molecule has 1 aromatic rings. The monoisotopic (exact) mass is 239 g/mol. The summed E-state index contributed by atoms with van der Waals surface area (Å²) < 4.78 is 18.5. The molecule has 1 amide bonds. The summed E-state index contributed by atoms with van der Waals surface area (Å²) in [5.74, 6) is 0.215. The summed E-state index contributed by atoms with van der Waals surface area (Å²) in [6.07, 6.45) is 0. The van der Waals surface area contributed by atoms with Crippen LogP contribution in [0.4, 0.5) is 4.39 Å². The van der Waals surface area contributed by atoms with Gasteiger partial charge in [-0.05, 0) is 18.2 Å². The number of methoxy groups -OCH3 is 1. The van der Waals surface area contributed by atoms with Gasteiger partial charge >= 0.3 is 0 Å². The molecule has 0 aromatic heterocycles. The van der Waals surface area contributed by atoms with E-state index in [1.807, 2.05) is 13.8 Å². The minimum atomic E-state index is -0.390. The zero-order chi connectivity index (χ0) is 13.1. The molecular formula is C13H18FNO2. The second kappa shape index (κ2) is 5.17. The molecule has 0 aliphatic rings. The summed E-state index contributed by atoms with van der Waals surface area (Å²) in [7, 11) is 1.55. The molecule has 0 aliphatic heterocycles. The molecule has 0 spiro atoms. The lowest BCUT2D eigenvalue weighted by molar-refractivity contribution is -0.119. The Balaban J connectivity index is 3.03. The Kier molecular flexibility index (Phi) is 4.10. The van der Waals surface area contributed by atoms with E-state index in [0.29, 0.717) is 12.3 Å². The second-order valence-corrected chi connectivity index (χ2v) is 4.64. The SMILES string of the molecule is COc1ccc(F)cc1C(C)(C)CNC(C)=O. The zero-order valence-corrected chi connectivity index (χ0v) is 10.6. The highest BCUT2D eigenvalue weighted by Gasteiger charge is 2.25. The van der Waals surface area contributed by atoms with E-state index in [0.717, 1.165) is 5.56 Å². The molecule has 4 heteroatoms. The lowest BCUT2D eigenvalue weighted by Crippen LogP contribution is -2.35. The average Bonchev–Trinajstić information content (AvgIpc) is 2.26. The molecular weight excluding hydrogens is 221 g/mol. The van der Waals surface area contributed by atoms with Crippen LogP contribution in [0.2, 0.25) is 0 Å². The van der Waals surface area contributed by atoms with Gasteiger partial charge in [-0.15, -0.1) is 0 Å². The molecule has 1 rings (SSSR count). The van der Waals surface area contributed by atoms with E-state index in [9.17, 15) is 9.18 Å². The number of benzene rings is 1. The Morgan fingerprint density at radius 1 is 1.47 bits per heavy atom. The predicted octanol–water partition coefficient (Wildman–Crippen LogP) is 2.25. The van der Waals surface area contributed by atoms with Gasteiger partial charge in [0.2, 0.25) is 5.91 Å². The third kappa shape index (κ3) is 3.44. The van der Waals surface area contributed by atoms with Crippen LogP contribution in [0.15, 0.2) is 18.2 Å². The van der Waals surface area contributed by atoms with Crippen LogP contribution in [0.25, 0.3) is 0 Å². The molecule has 0 saturated heterocycles. The predicted molar refractivity (Wildman–Crippen MR) is 64.7 cm³/mol. The lowest BCUT2D eigenvalue weighted by atomic mass is 9.84. The number of rotatable bonds is 4. The summed E-state index contributed by atoms with van der Waals surface area (Å²) in [5.41, 5.74) is 0.354. The van der Waals surface area contributed by atoms with Crippen molar-refractivity contribution < 1.29 is 13.9 Å². The molecule has 17 heavy (non-hydrogen) atoms. The topological polar surface area (TPSA) is 38.3 Å². The minimum Gasteiger partial charge on any atom is -0.496 e. The fourth-order valence-corrected chi connectivity index (χ4v) is 1.65.